The first-order chi connectivity index (χ1) is 17.0. The zero-order chi connectivity index (χ0) is 29.3. The molecule has 1 aromatic carbocycles. The van der Waals surface area contributed by atoms with Gasteiger partial charge in [0.15, 0.2) is 8.24 Å². The van der Waals surface area contributed by atoms with Gasteiger partial charge in [-0.3, -0.25) is 0 Å². The number of aryl methyl sites for hydroxylation is 2. The molecule has 3 saturated carbocycles. The van der Waals surface area contributed by atoms with E-state index in [-0.39, 0.29) is 36.9 Å². The highest BCUT2D eigenvalue weighted by Gasteiger charge is 2.70. The Morgan fingerprint density at radius 2 is 1.39 bits per heavy atom. The molecule has 15 heteroatoms. The molecule has 0 aliphatic heterocycles. The molecule has 0 unspecified atom stereocenters. The lowest BCUT2D eigenvalue weighted by atomic mass is 9.45. The van der Waals surface area contributed by atoms with E-state index in [9.17, 15) is 43.2 Å². The van der Waals surface area contributed by atoms with E-state index >= 15 is 0 Å². The largest absolute Gasteiger partial charge is 0.512 e. The van der Waals surface area contributed by atoms with E-state index in [4.69, 9.17) is 4.74 Å². The number of sulfonamides is 2. The molecule has 4 atom stereocenters. The van der Waals surface area contributed by atoms with Gasteiger partial charge in [0.2, 0.25) is 0 Å². The maximum absolute atomic E-state index is 13.6. The highest BCUT2D eigenvalue weighted by atomic mass is 32.3. The summed E-state index contributed by atoms with van der Waals surface area (Å²) in [4.78, 5) is 0. The maximum atomic E-state index is 13.6. The monoisotopic (exact) mass is 609 g/mol. The molecule has 38 heavy (non-hydrogen) atoms. The minimum Gasteiger partial charge on any atom is -0.376 e. The zero-order valence-corrected chi connectivity index (χ0v) is 24.6. The number of hydrogen-bond donors (Lipinski definition) is 0. The van der Waals surface area contributed by atoms with Crippen LogP contribution in [-0.4, -0.2) is 46.1 Å². The summed E-state index contributed by atoms with van der Waals surface area (Å²) in [6, 6.07) is 5.74. The van der Waals surface area contributed by atoms with Gasteiger partial charge in [0, 0.05) is 0 Å². The van der Waals surface area contributed by atoms with Gasteiger partial charge >= 0.3 is 31.1 Å². The fourth-order valence-electron chi connectivity index (χ4n) is 6.53. The Morgan fingerprint density at radius 3 is 1.82 bits per heavy atom. The molecule has 218 valence electrons. The van der Waals surface area contributed by atoms with E-state index in [2.05, 4.69) is 0 Å². The first kappa shape index (κ1) is 31.4. The van der Waals surface area contributed by atoms with Crippen LogP contribution in [0.25, 0.3) is 0 Å². The van der Waals surface area contributed by atoms with Crippen LogP contribution in [0.5, 0.6) is 0 Å². The Hall–Kier alpha value is -1.16. The molecule has 6 nitrogen and oxygen atoms in total. The van der Waals surface area contributed by atoms with Crippen LogP contribution >= 0.6 is 0 Å². The number of alkyl halides is 6. The second-order valence-electron chi connectivity index (χ2n) is 11.6. The van der Waals surface area contributed by atoms with E-state index in [1.54, 1.807) is 0 Å². The SMILES string of the molecule is Cc1cc(C)cc(COC[C@H]2[C@H]3C[C@@H](C[C@@H]2[Si](C)(C)N(S(=O)(=O)C(F)(F)F)S(=O)(=O)C(F)(F)F)C3(C)C)c1. The highest BCUT2D eigenvalue weighted by molar-refractivity contribution is 8.06. The molecule has 0 amide bonds. The van der Waals surface area contributed by atoms with Gasteiger partial charge in [-0.2, -0.15) is 26.3 Å². The van der Waals surface area contributed by atoms with Gasteiger partial charge in [-0.05, 0) is 61.0 Å². The van der Waals surface area contributed by atoms with E-state index in [1.165, 1.54) is 0 Å². The third-order valence-corrected chi connectivity index (χ3v) is 19.3. The van der Waals surface area contributed by atoms with Crippen LogP contribution in [0.15, 0.2) is 18.2 Å². The predicted molar refractivity (Wildman–Crippen MR) is 132 cm³/mol. The van der Waals surface area contributed by atoms with Crippen molar-refractivity contribution in [3.63, 3.8) is 0 Å². The number of fused-ring (bicyclic) bond motifs is 2. The van der Waals surface area contributed by atoms with Crippen molar-refractivity contribution in [1.82, 2.24) is 3.38 Å². The smallest absolute Gasteiger partial charge is 0.376 e. The quantitative estimate of drug-likeness (QED) is 0.264. The summed E-state index contributed by atoms with van der Waals surface area (Å²) in [5.41, 5.74) is -11.0. The van der Waals surface area contributed by atoms with Crippen molar-refractivity contribution in [2.24, 2.45) is 23.2 Å². The Morgan fingerprint density at radius 1 is 0.921 bits per heavy atom. The average Bonchev–Trinajstić information content (AvgIpc) is 2.70. The Bertz CT molecular complexity index is 1210. The van der Waals surface area contributed by atoms with Crippen LogP contribution in [0.1, 0.15) is 43.4 Å². The van der Waals surface area contributed by atoms with Crippen molar-refractivity contribution < 1.29 is 47.9 Å². The molecule has 3 aliphatic rings. The lowest BCUT2D eigenvalue weighted by molar-refractivity contribution is -0.126. The van der Waals surface area contributed by atoms with E-state index in [0.29, 0.717) is 6.42 Å². The van der Waals surface area contributed by atoms with Crippen molar-refractivity contribution in [2.75, 3.05) is 6.61 Å². The molecule has 2 bridgehead atoms. The number of halogens is 6. The maximum Gasteiger partial charge on any atom is 0.512 e. The second kappa shape index (κ2) is 9.74. The summed E-state index contributed by atoms with van der Waals surface area (Å²) in [5, 5.41) is 0. The number of nitrogens with zero attached hydrogens (tertiary/aromatic N) is 1. The van der Waals surface area contributed by atoms with Gasteiger partial charge < -0.3 is 4.74 Å². The van der Waals surface area contributed by atoms with E-state index in [1.807, 2.05) is 45.9 Å². The molecule has 0 aromatic heterocycles. The Kier molecular flexibility index (Phi) is 8.04. The summed E-state index contributed by atoms with van der Waals surface area (Å²) in [7, 11) is -18.3. The minimum absolute atomic E-state index is 0.0547. The third-order valence-electron chi connectivity index (χ3n) is 8.38. The standard InChI is InChI=1S/C23H33F6NO5S2Si/c1-14-7-15(2)9-16(8-14)12-35-13-18-19-10-17(21(19,3)4)11-20(18)38(5,6)30(36(31,32)22(24,25)26)37(33,34)23(27,28)29/h7-9,17-20H,10-13H2,1-6H3/t17-,18-,19+,20-/m0/s1. The van der Waals surface area contributed by atoms with Crippen molar-refractivity contribution in [2.45, 2.75) is 76.8 Å². The first-order valence-corrected chi connectivity index (χ1v) is 17.9. The number of benzene rings is 1. The van der Waals surface area contributed by atoms with Gasteiger partial charge in [0.25, 0.3) is 0 Å². The van der Waals surface area contributed by atoms with E-state index < -0.39 is 54.1 Å². The normalized spacial score (nSPS) is 26.3. The number of rotatable bonds is 8. The fraction of sp³-hybridized carbons (Fsp3) is 0.739. The molecule has 4 rings (SSSR count). The van der Waals surface area contributed by atoms with Gasteiger partial charge in [-0.1, -0.05) is 56.3 Å². The van der Waals surface area contributed by atoms with Crippen LogP contribution in [0.4, 0.5) is 26.3 Å². The van der Waals surface area contributed by atoms with Crippen LogP contribution < -0.4 is 0 Å². The molecule has 1 aromatic rings. The van der Waals surface area contributed by atoms with Crippen LogP contribution in [0.3, 0.4) is 0 Å². The lowest BCUT2D eigenvalue weighted by Crippen LogP contribution is -2.67. The number of hydrogen-bond acceptors (Lipinski definition) is 5. The van der Waals surface area contributed by atoms with Crippen LogP contribution in [0.2, 0.25) is 18.6 Å². The predicted octanol–water partition coefficient (Wildman–Crippen LogP) is 6.08. The summed E-state index contributed by atoms with van der Waals surface area (Å²) in [6.07, 6.45) is 0.765. The van der Waals surface area contributed by atoms with Crippen molar-refractivity contribution >= 4 is 28.3 Å². The topological polar surface area (TPSA) is 80.8 Å². The molecular weight excluding hydrogens is 576 g/mol. The molecule has 3 aliphatic carbocycles. The Balaban J connectivity index is 2.03. The van der Waals surface area contributed by atoms with Crippen LogP contribution in [0, 0.1) is 37.0 Å². The third kappa shape index (κ3) is 5.29. The molecular formula is C23H33F6NO5S2Si. The summed E-state index contributed by atoms with van der Waals surface area (Å²) < 4.78 is 136. The van der Waals surface area contributed by atoms with Crippen molar-refractivity contribution in [3.05, 3.63) is 34.9 Å². The molecule has 0 spiro atoms. The van der Waals surface area contributed by atoms with Gasteiger partial charge in [0.1, 0.15) is 0 Å². The minimum atomic E-state index is -6.87. The average molecular weight is 610 g/mol. The van der Waals surface area contributed by atoms with Crippen LogP contribution in [-0.2, 0) is 31.4 Å². The van der Waals surface area contributed by atoms with E-state index in [0.717, 1.165) is 29.8 Å². The summed E-state index contributed by atoms with van der Waals surface area (Å²) in [5.74, 6) is -0.901. The Labute approximate surface area is 220 Å². The molecule has 0 heterocycles. The summed E-state index contributed by atoms with van der Waals surface area (Å²) >= 11 is 0. The molecule has 0 saturated heterocycles. The highest BCUT2D eigenvalue weighted by Crippen LogP contribution is 2.67. The van der Waals surface area contributed by atoms with Gasteiger partial charge in [-0.25, -0.2) is 16.8 Å². The zero-order valence-electron chi connectivity index (χ0n) is 21.9. The lowest BCUT2D eigenvalue weighted by Gasteiger charge is -2.65. The molecule has 0 radical (unpaired) electrons. The molecule has 0 N–H and O–H groups in total. The fourth-order valence-corrected chi connectivity index (χ4v) is 17.3. The van der Waals surface area contributed by atoms with Crippen molar-refractivity contribution in [3.8, 4) is 0 Å². The van der Waals surface area contributed by atoms with Crippen molar-refractivity contribution in [1.29, 1.82) is 0 Å². The summed E-state index contributed by atoms with van der Waals surface area (Å²) in [6.45, 7) is 9.69. The molecule has 3 fully saturated rings. The van der Waals surface area contributed by atoms with Gasteiger partial charge in [-0.15, -0.1) is 3.38 Å². The first-order valence-electron chi connectivity index (χ1n) is 12.0. The number of ether oxygens (including phenoxy) is 1. The second-order valence-corrected chi connectivity index (χ2v) is 20.6. The van der Waals surface area contributed by atoms with Gasteiger partial charge in [0.05, 0.1) is 13.2 Å².